The van der Waals surface area contributed by atoms with Crippen LogP contribution in [0.5, 0.6) is 5.75 Å². The van der Waals surface area contributed by atoms with Crippen molar-refractivity contribution in [3.8, 4) is 17.1 Å². The molecule has 0 radical (unpaired) electrons. The second-order valence-electron chi connectivity index (χ2n) is 4.86. The Kier molecular flexibility index (Phi) is 6.49. The number of tetrazole rings is 1. The van der Waals surface area contributed by atoms with Crippen molar-refractivity contribution in [2.45, 2.75) is 19.9 Å². The number of hydrogen-bond acceptors (Lipinski definition) is 6. The Labute approximate surface area is 134 Å². The third-order valence-corrected chi connectivity index (χ3v) is 2.95. The first-order valence-corrected chi connectivity index (χ1v) is 7.49. The maximum absolute atomic E-state index is 11.7. The molecule has 0 aliphatic carbocycles. The van der Waals surface area contributed by atoms with E-state index in [4.69, 9.17) is 9.47 Å². The molecular formula is C15H21N5O3. The van der Waals surface area contributed by atoms with Gasteiger partial charge in [0, 0.05) is 19.2 Å². The van der Waals surface area contributed by atoms with Crippen molar-refractivity contribution < 1.29 is 14.3 Å². The number of benzene rings is 1. The van der Waals surface area contributed by atoms with Crippen LogP contribution in [0.15, 0.2) is 24.3 Å². The lowest BCUT2D eigenvalue weighted by molar-refractivity contribution is -0.122. The quantitative estimate of drug-likeness (QED) is 0.690. The van der Waals surface area contributed by atoms with Gasteiger partial charge in [0.15, 0.2) is 0 Å². The van der Waals surface area contributed by atoms with Crippen LogP contribution in [0.4, 0.5) is 0 Å². The summed E-state index contributed by atoms with van der Waals surface area (Å²) in [7, 11) is 1.58. The van der Waals surface area contributed by atoms with Crippen molar-refractivity contribution in [1.82, 2.24) is 25.5 Å². The predicted octanol–water partition coefficient (Wildman–Crippen LogP) is 0.891. The van der Waals surface area contributed by atoms with Gasteiger partial charge in [-0.2, -0.15) is 4.80 Å². The van der Waals surface area contributed by atoms with Crippen LogP contribution in [0.3, 0.4) is 0 Å². The lowest BCUT2D eigenvalue weighted by atomic mass is 10.2. The Morgan fingerprint density at radius 3 is 2.74 bits per heavy atom. The molecule has 2 aromatic rings. The van der Waals surface area contributed by atoms with Crippen LogP contribution in [0, 0.1) is 0 Å². The zero-order chi connectivity index (χ0) is 16.5. The van der Waals surface area contributed by atoms with Crippen LogP contribution in [0.1, 0.15) is 13.3 Å². The number of amides is 1. The highest BCUT2D eigenvalue weighted by Gasteiger charge is 2.09. The lowest BCUT2D eigenvalue weighted by Crippen LogP contribution is -2.31. The fraction of sp³-hybridized carbons (Fsp3) is 0.467. The van der Waals surface area contributed by atoms with Crippen LogP contribution < -0.4 is 10.1 Å². The Bertz CT molecular complexity index is 612. The predicted molar refractivity (Wildman–Crippen MR) is 83.9 cm³/mol. The SMILES string of the molecule is CCCOc1ccc(-c2nnn(CC(=O)NCCOC)n2)cc1. The van der Waals surface area contributed by atoms with Gasteiger partial charge in [0.05, 0.1) is 13.2 Å². The molecule has 0 fully saturated rings. The molecule has 0 saturated heterocycles. The highest BCUT2D eigenvalue weighted by Crippen LogP contribution is 2.18. The minimum atomic E-state index is -0.186. The Balaban J connectivity index is 1.92. The van der Waals surface area contributed by atoms with E-state index in [0.29, 0.717) is 25.6 Å². The summed E-state index contributed by atoms with van der Waals surface area (Å²) in [5.74, 6) is 1.09. The van der Waals surface area contributed by atoms with Gasteiger partial charge in [-0.25, -0.2) is 0 Å². The van der Waals surface area contributed by atoms with Gasteiger partial charge in [-0.3, -0.25) is 4.79 Å². The van der Waals surface area contributed by atoms with Crippen LogP contribution in [0.25, 0.3) is 11.4 Å². The van der Waals surface area contributed by atoms with E-state index < -0.39 is 0 Å². The number of hydrogen-bond donors (Lipinski definition) is 1. The molecule has 0 unspecified atom stereocenters. The summed E-state index contributed by atoms with van der Waals surface area (Å²) in [5, 5.41) is 14.8. The van der Waals surface area contributed by atoms with Gasteiger partial charge in [0.1, 0.15) is 12.3 Å². The second-order valence-corrected chi connectivity index (χ2v) is 4.86. The van der Waals surface area contributed by atoms with Gasteiger partial charge >= 0.3 is 0 Å². The number of carbonyl (C=O) groups is 1. The van der Waals surface area contributed by atoms with Crippen molar-refractivity contribution in [2.24, 2.45) is 0 Å². The summed E-state index contributed by atoms with van der Waals surface area (Å²) >= 11 is 0. The van der Waals surface area contributed by atoms with Gasteiger partial charge in [-0.15, -0.1) is 10.2 Å². The highest BCUT2D eigenvalue weighted by molar-refractivity contribution is 5.75. The molecule has 8 nitrogen and oxygen atoms in total. The molecule has 0 atom stereocenters. The summed E-state index contributed by atoms with van der Waals surface area (Å²) < 4.78 is 10.4. The minimum Gasteiger partial charge on any atom is -0.494 e. The molecule has 0 saturated carbocycles. The fourth-order valence-corrected chi connectivity index (χ4v) is 1.82. The first-order valence-electron chi connectivity index (χ1n) is 7.49. The molecule has 1 amide bonds. The molecule has 2 rings (SSSR count). The number of ether oxygens (including phenoxy) is 2. The molecule has 1 aromatic heterocycles. The van der Waals surface area contributed by atoms with Crippen LogP contribution >= 0.6 is 0 Å². The van der Waals surface area contributed by atoms with E-state index in [-0.39, 0.29) is 12.5 Å². The van der Waals surface area contributed by atoms with E-state index in [0.717, 1.165) is 17.7 Å². The van der Waals surface area contributed by atoms with E-state index in [1.165, 1.54) is 4.80 Å². The Morgan fingerprint density at radius 1 is 1.26 bits per heavy atom. The summed E-state index contributed by atoms with van der Waals surface area (Å²) in [4.78, 5) is 12.9. The van der Waals surface area contributed by atoms with Crippen molar-refractivity contribution >= 4 is 5.91 Å². The van der Waals surface area contributed by atoms with Gasteiger partial charge in [-0.1, -0.05) is 6.92 Å². The largest absolute Gasteiger partial charge is 0.494 e. The van der Waals surface area contributed by atoms with Crippen molar-refractivity contribution in [1.29, 1.82) is 0 Å². The molecular weight excluding hydrogens is 298 g/mol. The molecule has 1 aromatic carbocycles. The van der Waals surface area contributed by atoms with E-state index in [9.17, 15) is 4.79 Å². The molecule has 8 heteroatoms. The molecule has 0 spiro atoms. The third kappa shape index (κ3) is 5.33. The van der Waals surface area contributed by atoms with E-state index in [1.54, 1.807) is 7.11 Å². The zero-order valence-corrected chi connectivity index (χ0v) is 13.4. The Hall–Kier alpha value is -2.48. The summed E-state index contributed by atoms with van der Waals surface area (Å²) in [6.45, 7) is 3.69. The standard InChI is InChI=1S/C15H21N5O3/c1-3-9-23-13-6-4-12(5-7-13)15-17-19-20(18-15)11-14(21)16-8-10-22-2/h4-7H,3,8-11H2,1-2H3,(H,16,21). The fourth-order valence-electron chi connectivity index (χ4n) is 1.82. The van der Waals surface area contributed by atoms with E-state index in [2.05, 4.69) is 27.7 Å². The number of methoxy groups -OCH3 is 1. The highest BCUT2D eigenvalue weighted by atomic mass is 16.5. The number of rotatable bonds is 9. The summed E-state index contributed by atoms with van der Waals surface area (Å²) in [6.07, 6.45) is 0.962. The first kappa shape index (κ1) is 16.9. The van der Waals surface area contributed by atoms with Crippen molar-refractivity contribution in [2.75, 3.05) is 26.9 Å². The van der Waals surface area contributed by atoms with Crippen molar-refractivity contribution in [3.05, 3.63) is 24.3 Å². The smallest absolute Gasteiger partial charge is 0.243 e. The molecule has 0 aliphatic rings. The van der Waals surface area contributed by atoms with Gasteiger partial charge in [0.2, 0.25) is 11.7 Å². The monoisotopic (exact) mass is 319 g/mol. The lowest BCUT2D eigenvalue weighted by Gasteiger charge is -2.04. The average molecular weight is 319 g/mol. The normalized spacial score (nSPS) is 10.5. The zero-order valence-electron chi connectivity index (χ0n) is 13.4. The second kappa shape index (κ2) is 8.84. The first-order chi connectivity index (χ1) is 11.2. The van der Waals surface area contributed by atoms with E-state index in [1.807, 2.05) is 24.3 Å². The number of nitrogens with zero attached hydrogens (tertiary/aromatic N) is 4. The van der Waals surface area contributed by atoms with Crippen LogP contribution in [0.2, 0.25) is 0 Å². The van der Waals surface area contributed by atoms with Gasteiger partial charge < -0.3 is 14.8 Å². The molecule has 1 N–H and O–H groups in total. The molecule has 0 aliphatic heterocycles. The van der Waals surface area contributed by atoms with Gasteiger partial charge in [-0.05, 0) is 35.9 Å². The van der Waals surface area contributed by atoms with E-state index >= 15 is 0 Å². The maximum atomic E-state index is 11.7. The Morgan fingerprint density at radius 2 is 2.04 bits per heavy atom. The number of carbonyl (C=O) groups excluding carboxylic acids is 1. The average Bonchev–Trinajstić information content (AvgIpc) is 3.02. The molecule has 124 valence electrons. The van der Waals surface area contributed by atoms with Crippen LogP contribution in [-0.2, 0) is 16.1 Å². The summed E-state index contributed by atoms with van der Waals surface area (Å²) in [5.41, 5.74) is 0.819. The third-order valence-electron chi connectivity index (χ3n) is 2.95. The minimum absolute atomic E-state index is 0.0222. The maximum Gasteiger partial charge on any atom is 0.243 e. The van der Waals surface area contributed by atoms with Crippen LogP contribution in [-0.4, -0.2) is 53.0 Å². The molecule has 23 heavy (non-hydrogen) atoms. The molecule has 1 heterocycles. The number of aromatic nitrogens is 4. The topological polar surface area (TPSA) is 91.2 Å². The molecule has 0 bridgehead atoms. The van der Waals surface area contributed by atoms with Crippen molar-refractivity contribution in [3.63, 3.8) is 0 Å². The van der Waals surface area contributed by atoms with Gasteiger partial charge in [0.25, 0.3) is 0 Å². The number of nitrogens with one attached hydrogen (secondary N) is 1. The summed E-state index contributed by atoms with van der Waals surface area (Å²) in [6, 6.07) is 7.46.